The van der Waals surface area contributed by atoms with Gasteiger partial charge in [-0.05, 0) is 29.3 Å². The second-order valence-electron chi connectivity index (χ2n) is 5.29. The molecule has 1 aliphatic heterocycles. The summed E-state index contributed by atoms with van der Waals surface area (Å²) in [5, 5.41) is 3.53. The van der Waals surface area contributed by atoms with Crippen LogP contribution in [0.15, 0.2) is 42.5 Å². The van der Waals surface area contributed by atoms with E-state index in [1.54, 1.807) is 11.9 Å². The fourth-order valence-corrected chi connectivity index (χ4v) is 2.51. The number of amides is 2. The lowest BCUT2D eigenvalue weighted by Gasteiger charge is -2.18. The van der Waals surface area contributed by atoms with Crippen LogP contribution < -0.4 is 14.8 Å². The zero-order chi connectivity index (χ0) is 16.2. The number of urea groups is 1. The molecule has 0 fully saturated rings. The maximum absolute atomic E-state index is 12.2. The Kier molecular flexibility index (Phi) is 4.57. The van der Waals surface area contributed by atoms with Crippen molar-refractivity contribution in [1.29, 1.82) is 0 Å². The summed E-state index contributed by atoms with van der Waals surface area (Å²) in [5.41, 5.74) is 1.86. The highest BCUT2D eigenvalue weighted by Gasteiger charge is 2.14. The van der Waals surface area contributed by atoms with Crippen molar-refractivity contribution >= 4 is 17.6 Å². The van der Waals surface area contributed by atoms with Crippen molar-refractivity contribution in [3.8, 4) is 11.5 Å². The van der Waals surface area contributed by atoms with Crippen LogP contribution >= 0.6 is 11.6 Å². The highest BCUT2D eigenvalue weighted by Crippen LogP contribution is 2.32. The highest BCUT2D eigenvalue weighted by atomic mass is 35.5. The minimum Gasteiger partial charge on any atom is -0.454 e. The minimum absolute atomic E-state index is 0.164. The van der Waals surface area contributed by atoms with E-state index in [0.717, 1.165) is 16.9 Å². The molecule has 0 atom stereocenters. The number of hydrogen-bond acceptors (Lipinski definition) is 3. The lowest BCUT2D eigenvalue weighted by Crippen LogP contribution is -2.36. The predicted octanol–water partition coefficient (Wildman–Crippen LogP) is 3.41. The topological polar surface area (TPSA) is 50.8 Å². The Balaban J connectivity index is 1.55. The monoisotopic (exact) mass is 332 g/mol. The Morgan fingerprint density at radius 2 is 2.00 bits per heavy atom. The number of hydrogen-bond donors (Lipinski definition) is 1. The first kappa shape index (κ1) is 15.5. The average molecular weight is 333 g/mol. The molecule has 0 unspecified atom stereocenters. The number of nitrogens with zero attached hydrogens (tertiary/aromatic N) is 1. The molecule has 2 amide bonds. The number of nitrogens with one attached hydrogen (secondary N) is 1. The Morgan fingerprint density at radius 1 is 1.22 bits per heavy atom. The third-order valence-corrected chi connectivity index (χ3v) is 3.96. The highest BCUT2D eigenvalue weighted by molar-refractivity contribution is 6.31. The van der Waals surface area contributed by atoms with E-state index in [2.05, 4.69) is 5.32 Å². The molecule has 2 aromatic carbocycles. The summed E-state index contributed by atoms with van der Waals surface area (Å²) in [6.45, 7) is 1.11. The van der Waals surface area contributed by atoms with Gasteiger partial charge in [0.2, 0.25) is 6.79 Å². The first-order valence-electron chi connectivity index (χ1n) is 7.24. The number of halogens is 1. The molecule has 3 rings (SSSR count). The van der Waals surface area contributed by atoms with Gasteiger partial charge in [0.15, 0.2) is 11.5 Å². The van der Waals surface area contributed by atoms with Crippen molar-refractivity contribution in [2.24, 2.45) is 0 Å². The Bertz CT molecular complexity index is 721. The van der Waals surface area contributed by atoms with Crippen LogP contribution in [0.25, 0.3) is 0 Å². The van der Waals surface area contributed by atoms with E-state index >= 15 is 0 Å². The molecule has 0 spiro atoms. The van der Waals surface area contributed by atoms with Crippen molar-refractivity contribution in [2.45, 2.75) is 13.1 Å². The number of ether oxygens (including phenoxy) is 2. The van der Waals surface area contributed by atoms with Crippen LogP contribution in [-0.2, 0) is 13.1 Å². The van der Waals surface area contributed by atoms with Crippen LogP contribution in [0.2, 0.25) is 5.02 Å². The lowest BCUT2D eigenvalue weighted by atomic mass is 10.2. The summed E-state index contributed by atoms with van der Waals surface area (Å²) in [7, 11) is 1.73. The second kappa shape index (κ2) is 6.79. The van der Waals surface area contributed by atoms with E-state index in [1.165, 1.54) is 0 Å². The van der Waals surface area contributed by atoms with E-state index in [4.69, 9.17) is 21.1 Å². The number of rotatable bonds is 4. The van der Waals surface area contributed by atoms with E-state index in [-0.39, 0.29) is 12.8 Å². The first-order valence-corrected chi connectivity index (χ1v) is 7.62. The van der Waals surface area contributed by atoms with Crippen LogP contribution in [-0.4, -0.2) is 24.8 Å². The summed E-state index contributed by atoms with van der Waals surface area (Å²) in [5.74, 6) is 1.44. The van der Waals surface area contributed by atoms with Crippen LogP contribution in [0.4, 0.5) is 4.79 Å². The summed E-state index contributed by atoms with van der Waals surface area (Å²) in [6, 6.07) is 12.9. The quantitative estimate of drug-likeness (QED) is 0.933. The van der Waals surface area contributed by atoms with Crippen LogP contribution in [0.5, 0.6) is 11.5 Å². The maximum Gasteiger partial charge on any atom is 0.317 e. The summed E-state index contributed by atoms with van der Waals surface area (Å²) >= 11 is 6.12. The van der Waals surface area contributed by atoms with Crippen molar-refractivity contribution in [2.75, 3.05) is 13.8 Å². The zero-order valence-electron chi connectivity index (χ0n) is 12.7. The van der Waals surface area contributed by atoms with E-state index in [1.807, 2.05) is 42.5 Å². The molecule has 6 heteroatoms. The molecule has 1 aliphatic rings. The number of carbonyl (C=O) groups excluding carboxylic acids is 1. The smallest absolute Gasteiger partial charge is 0.317 e. The van der Waals surface area contributed by atoms with Crippen LogP contribution in [0.3, 0.4) is 0 Å². The van der Waals surface area contributed by atoms with Gasteiger partial charge < -0.3 is 19.7 Å². The molecule has 2 aromatic rings. The fraction of sp³-hybridized carbons (Fsp3) is 0.235. The molecule has 0 bridgehead atoms. The van der Waals surface area contributed by atoms with Gasteiger partial charge in [-0.3, -0.25) is 0 Å². The second-order valence-corrected chi connectivity index (χ2v) is 5.70. The molecule has 0 aromatic heterocycles. The van der Waals surface area contributed by atoms with Gasteiger partial charge in [-0.25, -0.2) is 4.79 Å². The van der Waals surface area contributed by atoms with E-state index in [0.29, 0.717) is 23.9 Å². The molecule has 0 radical (unpaired) electrons. The third kappa shape index (κ3) is 3.68. The lowest BCUT2D eigenvalue weighted by molar-refractivity contribution is 0.174. The van der Waals surface area contributed by atoms with Gasteiger partial charge in [-0.15, -0.1) is 0 Å². The molecule has 1 N–H and O–H groups in total. The molecule has 0 saturated heterocycles. The summed E-state index contributed by atoms with van der Waals surface area (Å²) < 4.78 is 10.6. The first-order chi connectivity index (χ1) is 11.1. The molecule has 5 nitrogen and oxygen atoms in total. The molecule has 0 aliphatic carbocycles. The standard InChI is InChI=1S/C17H17ClN2O3/c1-20(10-13-4-2-3-5-14(13)18)17(21)19-9-12-6-7-15-16(8-12)23-11-22-15/h2-8H,9-11H2,1H3,(H,19,21). The van der Waals surface area contributed by atoms with Gasteiger partial charge in [0.1, 0.15) is 0 Å². The van der Waals surface area contributed by atoms with Gasteiger partial charge in [-0.2, -0.15) is 0 Å². The SMILES string of the molecule is CN(Cc1ccccc1Cl)C(=O)NCc1ccc2c(c1)OCO2. The molecular weight excluding hydrogens is 316 g/mol. The average Bonchev–Trinajstić information content (AvgIpc) is 3.02. The van der Waals surface area contributed by atoms with Crippen molar-refractivity contribution < 1.29 is 14.3 Å². The fourth-order valence-electron chi connectivity index (χ4n) is 2.32. The van der Waals surface area contributed by atoms with Gasteiger partial charge in [0.05, 0.1) is 0 Å². The Hall–Kier alpha value is -2.40. The van der Waals surface area contributed by atoms with Crippen molar-refractivity contribution in [1.82, 2.24) is 10.2 Å². The maximum atomic E-state index is 12.2. The normalized spacial score (nSPS) is 12.1. The molecular formula is C17H17ClN2O3. The predicted molar refractivity (Wildman–Crippen MR) is 87.7 cm³/mol. The van der Waals surface area contributed by atoms with Crippen molar-refractivity contribution in [3.05, 3.63) is 58.6 Å². The van der Waals surface area contributed by atoms with Gasteiger partial charge in [0.25, 0.3) is 0 Å². The van der Waals surface area contributed by atoms with Gasteiger partial charge >= 0.3 is 6.03 Å². The largest absolute Gasteiger partial charge is 0.454 e. The zero-order valence-corrected chi connectivity index (χ0v) is 13.5. The van der Waals surface area contributed by atoms with E-state index < -0.39 is 0 Å². The summed E-state index contributed by atoms with van der Waals surface area (Å²) in [6.07, 6.45) is 0. The minimum atomic E-state index is -0.164. The van der Waals surface area contributed by atoms with Crippen molar-refractivity contribution in [3.63, 3.8) is 0 Å². The molecule has 1 heterocycles. The van der Waals surface area contributed by atoms with E-state index in [9.17, 15) is 4.79 Å². The Morgan fingerprint density at radius 3 is 2.83 bits per heavy atom. The molecule has 120 valence electrons. The number of carbonyl (C=O) groups is 1. The van der Waals surface area contributed by atoms with Crippen LogP contribution in [0.1, 0.15) is 11.1 Å². The molecule has 23 heavy (non-hydrogen) atoms. The van der Waals surface area contributed by atoms with Gasteiger partial charge in [-0.1, -0.05) is 35.9 Å². The third-order valence-electron chi connectivity index (χ3n) is 3.59. The number of benzene rings is 2. The Labute approximate surface area is 139 Å². The summed E-state index contributed by atoms with van der Waals surface area (Å²) in [4.78, 5) is 13.8. The number of fused-ring (bicyclic) bond motifs is 1. The molecule has 0 saturated carbocycles. The van der Waals surface area contributed by atoms with Gasteiger partial charge in [0, 0.05) is 25.2 Å². The van der Waals surface area contributed by atoms with Crippen LogP contribution in [0, 0.1) is 0 Å².